The van der Waals surface area contributed by atoms with Crippen LogP contribution >= 0.6 is 7.82 Å². The molecule has 0 aromatic carbocycles. The molecule has 0 heterocycles. The molecule has 304 valence electrons. The van der Waals surface area contributed by atoms with Gasteiger partial charge in [0.1, 0.15) is 19.8 Å². The molecule has 0 fully saturated rings. The van der Waals surface area contributed by atoms with Crippen LogP contribution in [0, 0.1) is 0 Å². The maximum atomic E-state index is 12.6. The van der Waals surface area contributed by atoms with Crippen LogP contribution in [0.5, 0.6) is 0 Å². The van der Waals surface area contributed by atoms with Gasteiger partial charge in [-0.15, -0.1) is 0 Å². The predicted octanol–water partition coefficient (Wildman–Crippen LogP) is 11.4. The summed E-state index contributed by atoms with van der Waals surface area (Å²) < 4.78 is 34.2. The van der Waals surface area contributed by atoms with E-state index in [0.717, 1.165) is 77.0 Å². The van der Waals surface area contributed by atoms with Crippen molar-refractivity contribution in [1.29, 1.82) is 0 Å². The van der Waals surface area contributed by atoms with E-state index in [-0.39, 0.29) is 32.0 Å². The molecule has 52 heavy (non-hydrogen) atoms. The zero-order valence-electron chi connectivity index (χ0n) is 34.0. The largest absolute Gasteiger partial charge is 0.472 e. The second-order valence-corrected chi connectivity index (χ2v) is 16.5. The highest BCUT2D eigenvalue weighted by Gasteiger charge is 2.27. The quantitative estimate of drug-likeness (QED) is 0.0219. The number of hydrogen-bond acceptors (Lipinski definition) is 7. The number of carbonyl (C=O) groups excluding carboxylic acids is 2. The summed E-state index contributed by atoms with van der Waals surface area (Å²) in [5.74, 6) is -0.826. The fourth-order valence-electron chi connectivity index (χ4n) is 5.33. The van der Waals surface area contributed by atoms with E-state index in [1.54, 1.807) is 0 Å². The van der Waals surface area contributed by atoms with Gasteiger partial charge in [-0.2, -0.15) is 0 Å². The molecule has 0 aliphatic rings. The van der Waals surface area contributed by atoms with Gasteiger partial charge in [-0.25, -0.2) is 4.57 Å². The van der Waals surface area contributed by atoms with E-state index >= 15 is 0 Å². The number of phosphoric ester groups is 1. The molecule has 0 aromatic rings. The first-order chi connectivity index (χ1) is 25.0. The Bertz CT molecular complexity index is 991. The molecule has 0 aliphatic carbocycles. The normalized spacial score (nSPS) is 14.0. The maximum absolute atomic E-state index is 12.6. The van der Waals surface area contributed by atoms with Gasteiger partial charge < -0.3 is 18.9 Å². The average Bonchev–Trinajstić information content (AvgIpc) is 3.09. The van der Waals surface area contributed by atoms with Gasteiger partial charge in [0.15, 0.2) is 6.10 Å². The van der Waals surface area contributed by atoms with Crippen LogP contribution in [0.2, 0.25) is 0 Å². The van der Waals surface area contributed by atoms with Crippen LogP contribution in [-0.2, 0) is 32.7 Å². The third kappa shape index (κ3) is 38.0. The van der Waals surface area contributed by atoms with E-state index in [1.807, 2.05) is 21.1 Å². The second kappa shape index (κ2) is 35.0. The molecule has 10 heteroatoms. The minimum Gasteiger partial charge on any atom is -0.462 e. The SMILES string of the molecule is CCCCC/C=C/C/C=C/CCCCCCCC(=O)OC[C@H](COP(=O)(O)OCC[N+](C)(C)C)OC(=O)CCCCCCC/C=C/CCCCCC. The fourth-order valence-corrected chi connectivity index (χ4v) is 6.07. The molecule has 0 aliphatic heterocycles. The Morgan fingerprint density at radius 1 is 0.596 bits per heavy atom. The van der Waals surface area contributed by atoms with Gasteiger partial charge >= 0.3 is 19.8 Å². The topological polar surface area (TPSA) is 108 Å². The van der Waals surface area contributed by atoms with E-state index in [4.69, 9.17) is 18.5 Å². The molecule has 1 N–H and O–H groups in total. The highest BCUT2D eigenvalue weighted by atomic mass is 31.2. The van der Waals surface area contributed by atoms with Crippen molar-refractivity contribution in [3.8, 4) is 0 Å². The van der Waals surface area contributed by atoms with E-state index in [1.165, 1.54) is 57.8 Å². The van der Waals surface area contributed by atoms with Crippen molar-refractivity contribution in [2.45, 2.75) is 174 Å². The second-order valence-electron chi connectivity index (χ2n) is 15.0. The van der Waals surface area contributed by atoms with E-state index in [9.17, 15) is 19.0 Å². The number of carbonyl (C=O) groups is 2. The Labute approximate surface area is 319 Å². The number of ether oxygens (including phenoxy) is 2. The Morgan fingerprint density at radius 3 is 1.58 bits per heavy atom. The number of unbranched alkanes of at least 4 members (excludes halogenated alkanes) is 17. The minimum atomic E-state index is -4.37. The summed E-state index contributed by atoms with van der Waals surface area (Å²) in [6, 6.07) is 0. The van der Waals surface area contributed by atoms with Crippen LogP contribution < -0.4 is 0 Å². The lowest BCUT2D eigenvalue weighted by Gasteiger charge is -2.24. The molecule has 0 bridgehead atoms. The standard InChI is InChI=1S/C42H78NO8P/c1-6-8-10-12-14-16-18-20-21-23-24-26-28-30-32-34-41(44)48-38-40(39-50-52(46,47)49-37-36-43(3,4)5)51-42(45)35-33-31-29-27-25-22-19-17-15-13-11-9-7-2/h14,16-17,19-21,40H,6-13,15,18,22-39H2,1-5H3/p+1/b16-14+,19-17+,21-20+/t40-/m1/s1. The average molecular weight is 757 g/mol. The maximum Gasteiger partial charge on any atom is 0.472 e. The summed E-state index contributed by atoms with van der Waals surface area (Å²) in [5.41, 5.74) is 0. The van der Waals surface area contributed by atoms with Gasteiger partial charge in [0.25, 0.3) is 0 Å². The van der Waals surface area contributed by atoms with Gasteiger partial charge in [0.05, 0.1) is 27.7 Å². The summed E-state index contributed by atoms with van der Waals surface area (Å²) in [6.07, 6.45) is 37.5. The molecule has 0 rings (SSSR count). The molecule has 9 nitrogen and oxygen atoms in total. The van der Waals surface area contributed by atoms with Crippen molar-refractivity contribution in [3.63, 3.8) is 0 Å². The molecule has 0 aromatic heterocycles. The minimum absolute atomic E-state index is 0.0274. The Hall–Kier alpha value is -1.77. The number of rotatable bonds is 37. The van der Waals surface area contributed by atoms with Crippen LogP contribution in [-0.4, -0.2) is 74.9 Å². The van der Waals surface area contributed by atoms with E-state index < -0.39 is 26.5 Å². The van der Waals surface area contributed by atoms with Gasteiger partial charge in [0, 0.05) is 12.8 Å². The Balaban J connectivity index is 4.43. The molecular weight excluding hydrogens is 677 g/mol. The third-order valence-electron chi connectivity index (χ3n) is 8.64. The Kier molecular flexibility index (Phi) is 33.8. The van der Waals surface area contributed by atoms with Crippen LogP contribution in [0.3, 0.4) is 0 Å². The van der Waals surface area contributed by atoms with Crippen molar-refractivity contribution in [2.24, 2.45) is 0 Å². The van der Waals surface area contributed by atoms with Crippen molar-refractivity contribution >= 4 is 19.8 Å². The molecule has 0 saturated heterocycles. The number of likely N-dealkylation sites (N-methyl/N-ethyl adjacent to an activating group) is 1. The molecule has 1 unspecified atom stereocenters. The summed E-state index contributed by atoms with van der Waals surface area (Å²) in [4.78, 5) is 35.3. The first-order valence-corrected chi connectivity index (χ1v) is 22.2. The summed E-state index contributed by atoms with van der Waals surface area (Å²) in [5, 5.41) is 0. The lowest BCUT2D eigenvalue weighted by atomic mass is 10.1. The van der Waals surface area contributed by atoms with Crippen LogP contribution in [0.1, 0.15) is 168 Å². The van der Waals surface area contributed by atoms with Crippen molar-refractivity contribution in [2.75, 3.05) is 47.5 Å². The van der Waals surface area contributed by atoms with Gasteiger partial charge in [0.2, 0.25) is 0 Å². The number of hydrogen-bond donors (Lipinski definition) is 1. The predicted molar refractivity (Wildman–Crippen MR) is 215 cm³/mol. The van der Waals surface area contributed by atoms with Gasteiger partial charge in [-0.3, -0.25) is 18.6 Å². The smallest absolute Gasteiger partial charge is 0.462 e. The van der Waals surface area contributed by atoms with Gasteiger partial charge in [-0.05, 0) is 70.6 Å². The molecule has 0 amide bonds. The lowest BCUT2D eigenvalue weighted by molar-refractivity contribution is -0.870. The summed E-state index contributed by atoms with van der Waals surface area (Å²) in [7, 11) is 1.46. The molecule has 0 spiro atoms. The highest BCUT2D eigenvalue weighted by Crippen LogP contribution is 2.43. The first kappa shape index (κ1) is 50.2. The van der Waals surface area contributed by atoms with E-state index in [2.05, 4.69) is 50.3 Å². The van der Waals surface area contributed by atoms with Crippen molar-refractivity contribution in [1.82, 2.24) is 0 Å². The number of phosphoric acid groups is 1. The number of nitrogens with zero attached hydrogens (tertiary/aromatic N) is 1. The van der Waals surface area contributed by atoms with Gasteiger partial charge in [-0.1, -0.05) is 121 Å². The van der Waals surface area contributed by atoms with Crippen LogP contribution in [0.4, 0.5) is 0 Å². The summed E-state index contributed by atoms with van der Waals surface area (Å²) >= 11 is 0. The van der Waals surface area contributed by atoms with Crippen molar-refractivity contribution < 1.29 is 42.1 Å². The molecular formula is C42H79NO8P+. The molecule has 2 atom stereocenters. The van der Waals surface area contributed by atoms with E-state index in [0.29, 0.717) is 17.4 Å². The molecule has 0 radical (unpaired) electrons. The zero-order chi connectivity index (χ0) is 38.6. The monoisotopic (exact) mass is 757 g/mol. The Morgan fingerprint density at radius 2 is 1.04 bits per heavy atom. The third-order valence-corrected chi connectivity index (χ3v) is 9.63. The van der Waals surface area contributed by atoms with Crippen LogP contribution in [0.15, 0.2) is 36.5 Å². The first-order valence-electron chi connectivity index (χ1n) is 20.7. The number of quaternary nitrogens is 1. The van der Waals surface area contributed by atoms with Crippen molar-refractivity contribution in [3.05, 3.63) is 36.5 Å². The fraction of sp³-hybridized carbons (Fsp3) is 0.810. The lowest BCUT2D eigenvalue weighted by Crippen LogP contribution is -2.37. The van der Waals surface area contributed by atoms with Crippen LogP contribution in [0.25, 0.3) is 0 Å². The highest BCUT2D eigenvalue weighted by molar-refractivity contribution is 7.47. The summed E-state index contributed by atoms with van der Waals surface area (Å²) in [6.45, 7) is 4.34. The number of esters is 2. The zero-order valence-corrected chi connectivity index (χ0v) is 34.9. The molecule has 0 saturated carbocycles. The number of allylic oxidation sites excluding steroid dienone is 6.